The van der Waals surface area contributed by atoms with Gasteiger partial charge in [0.05, 0.1) is 12.0 Å². The van der Waals surface area contributed by atoms with Crippen LogP contribution in [0.2, 0.25) is 0 Å². The third kappa shape index (κ3) is 4.37. The fourth-order valence-electron chi connectivity index (χ4n) is 3.99. The van der Waals surface area contributed by atoms with Crippen molar-refractivity contribution in [2.24, 2.45) is 0 Å². The zero-order valence-corrected chi connectivity index (χ0v) is 19.5. The fraction of sp³-hybridized carbons (Fsp3) is 0.143. The first-order valence-corrected chi connectivity index (χ1v) is 12.0. The van der Waals surface area contributed by atoms with E-state index in [0.717, 1.165) is 38.6 Å². The molecule has 1 atom stereocenters. The fourth-order valence-corrected chi connectivity index (χ4v) is 5.04. The highest BCUT2D eigenvalue weighted by molar-refractivity contribution is 7.99. The summed E-state index contributed by atoms with van der Waals surface area (Å²) in [4.78, 5) is 9.43. The summed E-state index contributed by atoms with van der Waals surface area (Å²) in [5.74, 6) is 0.864. The van der Waals surface area contributed by atoms with Crippen molar-refractivity contribution in [2.75, 3.05) is 6.61 Å². The lowest BCUT2D eigenvalue weighted by Crippen LogP contribution is -1.97. The highest BCUT2D eigenvalue weighted by atomic mass is 32.2. The van der Waals surface area contributed by atoms with Crippen LogP contribution in [0.3, 0.4) is 0 Å². The van der Waals surface area contributed by atoms with Crippen molar-refractivity contribution >= 4 is 22.8 Å². The summed E-state index contributed by atoms with van der Waals surface area (Å²) in [7, 11) is 0. The summed E-state index contributed by atoms with van der Waals surface area (Å²) in [5.41, 5.74) is 5.49. The molecule has 0 amide bonds. The van der Waals surface area contributed by atoms with E-state index in [1.165, 1.54) is 5.56 Å². The summed E-state index contributed by atoms with van der Waals surface area (Å²) < 4.78 is 7.77. The van der Waals surface area contributed by atoms with Gasteiger partial charge in [-0.05, 0) is 49.2 Å². The van der Waals surface area contributed by atoms with Gasteiger partial charge in [-0.15, -0.1) is 0 Å². The smallest absolute Gasteiger partial charge is 0.149 e. The Morgan fingerprint density at radius 3 is 2.27 bits per heavy atom. The van der Waals surface area contributed by atoms with Crippen LogP contribution in [0.4, 0.5) is 0 Å². The molecule has 5 aromatic rings. The van der Waals surface area contributed by atoms with E-state index in [4.69, 9.17) is 14.7 Å². The number of ether oxygens (including phenoxy) is 1. The van der Waals surface area contributed by atoms with Crippen LogP contribution in [-0.2, 0) is 0 Å². The lowest BCUT2D eigenvalue weighted by molar-refractivity contribution is 0.340. The molecule has 0 N–H and O–H groups in total. The van der Waals surface area contributed by atoms with Gasteiger partial charge in [-0.25, -0.2) is 9.97 Å². The minimum Gasteiger partial charge on any atom is -0.494 e. The second-order valence-corrected chi connectivity index (χ2v) is 9.08. The SMILES string of the molecule is CCOc1ccc(-n2cc(-c3ccccc3)c3c(SC(C)c4ccccc4)ncnc32)cc1. The van der Waals surface area contributed by atoms with Gasteiger partial charge >= 0.3 is 0 Å². The van der Waals surface area contributed by atoms with Gasteiger partial charge in [0, 0.05) is 22.7 Å². The van der Waals surface area contributed by atoms with Crippen LogP contribution < -0.4 is 4.74 Å². The van der Waals surface area contributed by atoms with Crippen molar-refractivity contribution in [2.45, 2.75) is 24.1 Å². The molecule has 5 heteroatoms. The van der Waals surface area contributed by atoms with E-state index in [1.54, 1.807) is 18.1 Å². The average molecular weight is 452 g/mol. The number of rotatable bonds is 7. The molecule has 0 saturated heterocycles. The van der Waals surface area contributed by atoms with E-state index >= 15 is 0 Å². The number of hydrogen-bond donors (Lipinski definition) is 0. The van der Waals surface area contributed by atoms with Crippen LogP contribution in [0.15, 0.2) is 102 Å². The van der Waals surface area contributed by atoms with Crippen molar-refractivity contribution in [3.8, 4) is 22.6 Å². The molecule has 0 fully saturated rings. The first kappa shape index (κ1) is 21.3. The van der Waals surface area contributed by atoms with Gasteiger partial charge in [0.1, 0.15) is 22.7 Å². The summed E-state index contributed by atoms with van der Waals surface area (Å²) >= 11 is 1.77. The normalized spacial score (nSPS) is 12.1. The van der Waals surface area contributed by atoms with Crippen LogP contribution in [0.1, 0.15) is 24.7 Å². The van der Waals surface area contributed by atoms with E-state index in [2.05, 4.69) is 78.4 Å². The van der Waals surface area contributed by atoms with Crippen LogP contribution in [-0.4, -0.2) is 21.1 Å². The van der Waals surface area contributed by atoms with E-state index in [1.807, 2.05) is 31.2 Å². The topological polar surface area (TPSA) is 39.9 Å². The number of hydrogen-bond acceptors (Lipinski definition) is 4. The molecule has 0 bridgehead atoms. The Kier molecular flexibility index (Phi) is 6.13. The van der Waals surface area contributed by atoms with Crippen molar-refractivity contribution in [3.63, 3.8) is 0 Å². The van der Waals surface area contributed by atoms with E-state index in [9.17, 15) is 0 Å². The number of benzene rings is 3. The number of fused-ring (bicyclic) bond motifs is 1. The Bertz CT molecular complexity index is 1350. The first-order valence-electron chi connectivity index (χ1n) is 11.1. The molecule has 0 radical (unpaired) electrons. The van der Waals surface area contributed by atoms with Crippen molar-refractivity contribution in [1.82, 2.24) is 14.5 Å². The van der Waals surface area contributed by atoms with Crippen LogP contribution in [0.25, 0.3) is 27.8 Å². The highest BCUT2D eigenvalue weighted by Crippen LogP contribution is 2.41. The van der Waals surface area contributed by atoms with Crippen LogP contribution in [0.5, 0.6) is 5.75 Å². The van der Waals surface area contributed by atoms with Crippen LogP contribution in [0, 0.1) is 0 Å². The maximum absolute atomic E-state index is 5.63. The monoisotopic (exact) mass is 451 g/mol. The molecule has 4 nitrogen and oxygen atoms in total. The van der Waals surface area contributed by atoms with Crippen molar-refractivity contribution < 1.29 is 4.74 Å². The number of aromatic nitrogens is 3. The summed E-state index contributed by atoms with van der Waals surface area (Å²) in [6.45, 7) is 4.86. The first-order chi connectivity index (χ1) is 16.2. The molecule has 0 spiro atoms. The molecule has 5 rings (SSSR count). The minimum atomic E-state index is 0.266. The third-order valence-corrected chi connectivity index (χ3v) is 6.77. The lowest BCUT2D eigenvalue weighted by Gasteiger charge is -2.12. The molecule has 3 aromatic carbocycles. The predicted molar refractivity (Wildman–Crippen MR) is 136 cm³/mol. The second kappa shape index (κ2) is 9.51. The summed E-state index contributed by atoms with van der Waals surface area (Å²) in [6.07, 6.45) is 3.84. The molecule has 2 aromatic heterocycles. The minimum absolute atomic E-state index is 0.266. The molecule has 164 valence electrons. The number of nitrogens with zero attached hydrogens (tertiary/aromatic N) is 3. The molecular formula is C28H25N3OS. The predicted octanol–water partition coefficient (Wildman–Crippen LogP) is 7.34. The Morgan fingerprint density at radius 2 is 1.58 bits per heavy atom. The third-order valence-electron chi connectivity index (χ3n) is 5.62. The molecule has 0 aliphatic carbocycles. The lowest BCUT2D eigenvalue weighted by atomic mass is 10.1. The van der Waals surface area contributed by atoms with E-state index in [0.29, 0.717) is 6.61 Å². The van der Waals surface area contributed by atoms with Gasteiger partial charge in [-0.2, -0.15) is 0 Å². The van der Waals surface area contributed by atoms with Gasteiger partial charge in [-0.3, -0.25) is 0 Å². The molecular weight excluding hydrogens is 426 g/mol. The van der Waals surface area contributed by atoms with Gasteiger partial charge in [0.15, 0.2) is 0 Å². The van der Waals surface area contributed by atoms with Gasteiger partial charge < -0.3 is 9.30 Å². The molecule has 33 heavy (non-hydrogen) atoms. The average Bonchev–Trinajstić information content (AvgIpc) is 3.26. The Morgan fingerprint density at radius 1 is 0.879 bits per heavy atom. The van der Waals surface area contributed by atoms with Gasteiger partial charge in [0.25, 0.3) is 0 Å². The molecule has 2 heterocycles. The Hall–Kier alpha value is -3.57. The van der Waals surface area contributed by atoms with Crippen molar-refractivity contribution in [1.29, 1.82) is 0 Å². The summed E-state index contributed by atoms with van der Waals surface area (Å²) in [6, 6.07) is 29.1. The van der Waals surface area contributed by atoms with Crippen LogP contribution >= 0.6 is 11.8 Å². The Labute approximate surface area is 198 Å². The largest absolute Gasteiger partial charge is 0.494 e. The molecule has 0 aliphatic heterocycles. The van der Waals surface area contributed by atoms with Crippen molar-refractivity contribution in [3.05, 3.63) is 103 Å². The summed E-state index contributed by atoms with van der Waals surface area (Å²) in [5, 5.41) is 2.33. The standard InChI is InChI=1S/C28H25N3OS/c1-3-32-24-16-14-23(15-17-24)31-18-25(22-12-8-5-9-13-22)26-27(31)29-19-30-28(26)33-20(2)21-10-6-4-7-11-21/h4-20H,3H2,1-2H3. The highest BCUT2D eigenvalue weighted by Gasteiger charge is 2.19. The zero-order valence-electron chi connectivity index (χ0n) is 18.7. The quantitative estimate of drug-likeness (QED) is 0.192. The van der Waals surface area contributed by atoms with E-state index < -0.39 is 0 Å². The molecule has 0 saturated carbocycles. The Balaban J connectivity index is 1.65. The number of thioether (sulfide) groups is 1. The molecule has 1 unspecified atom stereocenters. The maximum atomic E-state index is 5.63. The van der Waals surface area contributed by atoms with Gasteiger partial charge in [0.2, 0.25) is 0 Å². The molecule has 0 aliphatic rings. The van der Waals surface area contributed by atoms with E-state index in [-0.39, 0.29) is 5.25 Å². The maximum Gasteiger partial charge on any atom is 0.149 e. The van der Waals surface area contributed by atoms with Gasteiger partial charge in [-0.1, -0.05) is 72.4 Å². The second-order valence-electron chi connectivity index (χ2n) is 7.75. The zero-order chi connectivity index (χ0) is 22.6.